The highest BCUT2D eigenvalue weighted by Crippen LogP contribution is 2.34. The van der Waals surface area contributed by atoms with Gasteiger partial charge < -0.3 is 10.8 Å². The highest BCUT2D eigenvalue weighted by atomic mass is 35.5. The SMILES string of the molecule is Cl.N[C@H](c1ccc(O)c(F)c1)C1CCCC1. The molecule has 0 spiro atoms. The molecule has 1 aliphatic rings. The molecule has 90 valence electrons. The van der Waals surface area contributed by atoms with Gasteiger partial charge in [0, 0.05) is 6.04 Å². The molecule has 0 unspecified atom stereocenters. The highest BCUT2D eigenvalue weighted by Gasteiger charge is 2.23. The molecule has 0 heterocycles. The van der Waals surface area contributed by atoms with Crippen LogP contribution >= 0.6 is 12.4 Å². The van der Waals surface area contributed by atoms with Crippen LogP contribution in [0.3, 0.4) is 0 Å². The van der Waals surface area contributed by atoms with Gasteiger partial charge in [0.25, 0.3) is 0 Å². The molecule has 3 N–H and O–H groups in total. The quantitative estimate of drug-likeness (QED) is 0.841. The summed E-state index contributed by atoms with van der Waals surface area (Å²) in [6, 6.07) is 4.33. The van der Waals surface area contributed by atoms with E-state index in [2.05, 4.69) is 0 Å². The van der Waals surface area contributed by atoms with Crippen LogP contribution in [0.1, 0.15) is 37.3 Å². The molecule has 1 saturated carbocycles. The number of phenols is 1. The molecule has 1 aliphatic carbocycles. The zero-order valence-electron chi connectivity index (χ0n) is 9.03. The van der Waals surface area contributed by atoms with Crippen LogP contribution in [0.15, 0.2) is 18.2 Å². The minimum Gasteiger partial charge on any atom is -0.505 e. The van der Waals surface area contributed by atoms with Crippen molar-refractivity contribution in [1.29, 1.82) is 0 Å². The van der Waals surface area contributed by atoms with Crippen LogP contribution < -0.4 is 5.73 Å². The first kappa shape index (κ1) is 13.3. The third-order valence-corrected chi connectivity index (χ3v) is 3.26. The van der Waals surface area contributed by atoms with Crippen LogP contribution in [0.5, 0.6) is 5.75 Å². The molecule has 4 heteroatoms. The lowest BCUT2D eigenvalue weighted by Gasteiger charge is -2.19. The van der Waals surface area contributed by atoms with E-state index in [1.165, 1.54) is 25.0 Å². The summed E-state index contributed by atoms with van der Waals surface area (Å²) in [6.07, 6.45) is 4.70. The molecule has 1 fully saturated rings. The van der Waals surface area contributed by atoms with Gasteiger partial charge in [0.05, 0.1) is 0 Å². The maximum absolute atomic E-state index is 13.1. The first-order valence-electron chi connectivity index (χ1n) is 5.42. The predicted octanol–water partition coefficient (Wildman–Crippen LogP) is 3.14. The van der Waals surface area contributed by atoms with Crippen LogP contribution in [-0.4, -0.2) is 5.11 Å². The van der Waals surface area contributed by atoms with E-state index in [-0.39, 0.29) is 24.2 Å². The van der Waals surface area contributed by atoms with Gasteiger partial charge in [-0.1, -0.05) is 18.9 Å². The Hall–Kier alpha value is -0.800. The van der Waals surface area contributed by atoms with Crippen molar-refractivity contribution >= 4 is 12.4 Å². The second-order valence-electron chi connectivity index (χ2n) is 4.28. The molecule has 1 aromatic rings. The molecule has 2 nitrogen and oxygen atoms in total. The number of halogens is 2. The second-order valence-corrected chi connectivity index (χ2v) is 4.28. The number of hydrogen-bond acceptors (Lipinski definition) is 2. The first-order valence-corrected chi connectivity index (χ1v) is 5.42. The summed E-state index contributed by atoms with van der Waals surface area (Å²) in [5.74, 6) is -0.424. The monoisotopic (exact) mass is 245 g/mol. The van der Waals surface area contributed by atoms with Gasteiger partial charge in [-0.2, -0.15) is 0 Å². The summed E-state index contributed by atoms with van der Waals surface area (Å²) in [4.78, 5) is 0. The van der Waals surface area contributed by atoms with E-state index in [4.69, 9.17) is 10.8 Å². The molecule has 0 amide bonds. The van der Waals surface area contributed by atoms with Crippen LogP contribution in [0.2, 0.25) is 0 Å². The summed E-state index contributed by atoms with van der Waals surface area (Å²) in [5.41, 5.74) is 6.86. The van der Waals surface area contributed by atoms with Crippen molar-refractivity contribution in [3.8, 4) is 5.75 Å². The average Bonchev–Trinajstić information content (AvgIpc) is 2.74. The lowest BCUT2D eigenvalue weighted by atomic mass is 9.92. The third-order valence-electron chi connectivity index (χ3n) is 3.26. The molecular weight excluding hydrogens is 229 g/mol. The van der Waals surface area contributed by atoms with Crippen LogP contribution in [0.4, 0.5) is 4.39 Å². The lowest BCUT2D eigenvalue weighted by Crippen LogP contribution is -2.19. The van der Waals surface area contributed by atoms with Crippen molar-refractivity contribution < 1.29 is 9.50 Å². The van der Waals surface area contributed by atoms with Gasteiger partial charge in [-0.25, -0.2) is 4.39 Å². The number of rotatable bonds is 2. The Morgan fingerprint density at radius 2 is 1.94 bits per heavy atom. The number of aromatic hydroxyl groups is 1. The van der Waals surface area contributed by atoms with E-state index in [1.807, 2.05) is 0 Å². The van der Waals surface area contributed by atoms with E-state index in [0.29, 0.717) is 5.92 Å². The van der Waals surface area contributed by atoms with Crippen molar-refractivity contribution in [1.82, 2.24) is 0 Å². The molecular formula is C12H17ClFNO. The maximum atomic E-state index is 13.1. The van der Waals surface area contributed by atoms with Crippen molar-refractivity contribution in [2.24, 2.45) is 11.7 Å². The number of nitrogens with two attached hydrogens (primary N) is 1. The van der Waals surface area contributed by atoms with Crippen LogP contribution in [-0.2, 0) is 0 Å². The van der Waals surface area contributed by atoms with Crippen LogP contribution in [0.25, 0.3) is 0 Å². The minimum atomic E-state index is -0.582. The van der Waals surface area contributed by atoms with Gasteiger partial charge in [0.2, 0.25) is 0 Å². The first-order chi connectivity index (χ1) is 7.18. The molecule has 2 rings (SSSR count). The van der Waals surface area contributed by atoms with E-state index < -0.39 is 5.82 Å². The van der Waals surface area contributed by atoms with Crippen molar-refractivity contribution in [2.45, 2.75) is 31.7 Å². The molecule has 0 radical (unpaired) electrons. The van der Waals surface area contributed by atoms with Gasteiger partial charge in [-0.3, -0.25) is 0 Å². The van der Waals surface area contributed by atoms with E-state index in [1.54, 1.807) is 6.07 Å². The fraction of sp³-hybridized carbons (Fsp3) is 0.500. The zero-order valence-corrected chi connectivity index (χ0v) is 9.84. The van der Waals surface area contributed by atoms with Crippen LogP contribution in [0, 0.1) is 11.7 Å². The smallest absolute Gasteiger partial charge is 0.165 e. The van der Waals surface area contributed by atoms with Crippen molar-refractivity contribution in [3.05, 3.63) is 29.6 Å². The van der Waals surface area contributed by atoms with E-state index in [0.717, 1.165) is 18.4 Å². The summed E-state index contributed by atoms with van der Waals surface area (Å²) < 4.78 is 13.1. The largest absolute Gasteiger partial charge is 0.505 e. The molecule has 16 heavy (non-hydrogen) atoms. The Kier molecular flexibility index (Phi) is 4.56. The van der Waals surface area contributed by atoms with Crippen molar-refractivity contribution in [2.75, 3.05) is 0 Å². The fourth-order valence-electron chi connectivity index (χ4n) is 2.32. The molecule has 0 saturated heterocycles. The molecule has 0 bridgehead atoms. The topological polar surface area (TPSA) is 46.2 Å². The number of hydrogen-bond donors (Lipinski definition) is 2. The van der Waals surface area contributed by atoms with Gasteiger partial charge in [0.15, 0.2) is 11.6 Å². The van der Waals surface area contributed by atoms with E-state index in [9.17, 15) is 4.39 Å². The van der Waals surface area contributed by atoms with Crippen molar-refractivity contribution in [3.63, 3.8) is 0 Å². The Balaban J connectivity index is 0.00000128. The summed E-state index contributed by atoms with van der Waals surface area (Å²) in [5, 5.41) is 9.08. The summed E-state index contributed by atoms with van der Waals surface area (Å²) in [6.45, 7) is 0. The maximum Gasteiger partial charge on any atom is 0.165 e. The Morgan fingerprint density at radius 3 is 2.50 bits per heavy atom. The Labute approximate surface area is 101 Å². The fourth-order valence-corrected chi connectivity index (χ4v) is 2.32. The Morgan fingerprint density at radius 1 is 1.31 bits per heavy atom. The van der Waals surface area contributed by atoms with E-state index >= 15 is 0 Å². The summed E-state index contributed by atoms with van der Waals surface area (Å²) in [7, 11) is 0. The second kappa shape index (κ2) is 5.51. The zero-order chi connectivity index (χ0) is 10.8. The highest BCUT2D eigenvalue weighted by molar-refractivity contribution is 5.85. The summed E-state index contributed by atoms with van der Waals surface area (Å²) >= 11 is 0. The number of benzene rings is 1. The third kappa shape index (κ3) is 2.66. The molecule has 0 aliphatic heterocycles. The predicted molar refractivity (Wildman–Crippen MR) is 64.2 cm³/mol. The molecule has 1 atom stereocenters. The molecule has 1 aromatic carbocycles. The molecule has 0 aromatic heterocycles. The van der Waals surface area contributed by atoms with Gasteiger partial charge in [0.1, 0.15) is 0 Å². The van der Waals surface area contributed by atoms with Gasteiger partial charge in [-0.15, -0.1) is 12.4 Å². The standard InChI is InChI=1S/C12H16FNO.ClH/c13-10-7-9(5-6-11(10)15)12(14)8-3-1-2-4-8;/h5-8,12,15H,1-4,14H2;1H/t12-;/m0./s1. The average molecular weight is 246 g/mol. The normalized spacial score (nSPS) is 18.1. The Bertz CT molecular complexity index is 353. The lowest BCUT2D eigenvalue weighted by molar-refractivity contribution is 0.422. The number of phenolic OH excluding ortho intramolecular Hbond substituents is 1. The minimum absolute atomic E-state index is 0. The van der Waals surface area contributed by atoms with Gasteiger partial charge >= 0.3 is 0 Å². The van der Waals surface area contributed by atoms with Gasteiger partial charge in [-0.05, 0) is 36.5 Å².